The highest BCUT2D eigenvalue weighted by atomic mass is 19.2. The topological polar surface area (TPSA) is 40.5 Å². The van der Waals surface area contributed by atoms with Crippen LogP contribution >= 0.6 is 0 Å². The van der Waals surface area contributed by atoms with Crippen LogP contribution in [0.2, 0.25) is 0 Å². The molecule has 94 valence electrons. The van der Waals surface area contributed by atoms with Crippen molar-refractivity contribution in [3.8, 4) is 0 Å². The van der Waals surface area contributed by atoms with E-state index in [4.69, 9.17) is 5.11 Å². The monoisotopic (exact) mass is 243 g/mol. The predicted octanol–water partition coefficient (Wildman–Crippen LogP) is 2.51. The van der Waals surface area contributed by atoms with Crippen molar-refractivity contribution in [2.45, 2.75) is 13.3 Å². The maximum Gasteiger partial charge on any atom is 0.308 e. The van der Waals surface area contributed by atoms with E-state index in [0.29, 0.717) is 12.1 Å². The first kappa shape index (κ1) is 13.4. The number of benzene rings is 1. The van der Waals surface area contributed by atoms with Crippen molar-refractivity contribution < 1.29 is 18.7 Å². The minimum Gasteiger partial charge on any atom is -0.481 e. The minimum atomic E-state index is -0.933. The predicted molar refractivity (Wildman–Crippen MR) is 61.0 cm³/mol. The van der Waals surface area contributed by atoms with Gasteiger partial charge in [-0.2, -0.15) is 0 Å². The number of halogens is 2. The van der Waals surface area contributed by atoms with Crippen LogP contribution in [0.1, 0.15) is 13.3 Å². The molecular weight excluding hydrogens is 228 g/mol. The fraction of sp³-hybridized carbons (Fsp3) is 0.417. The molecule has 0 spiro atoms. The molecule has 5 heteroatoms. The summed E-state index contributed by atoms with van der Waals surface area (Å²) >= 11 is 0. The van der Waals surface area contributed by atoms with Gasteiger partial charge in [0, 0.05) is 25.3 Å². The second-order valence-electron chi connectivity index (χ2n) is 3.92. The zero-order chi connectivity index (χ0) is 13.0. The summed E-state index contributed by atoms with van der Waals surface area (Å²) in [4.78, 5) is 12.5. The third-order valence-corrected chi connectivity index (χ3v) is 2.68. The molecule has 1 aromatic carbocycles. The van der Waals surface area contributed by atoms with Gasteiger partial charge in [-0.15, -0.1) is 0 Å². The Morgan fingerprint density at radius 1 is 1.41 bits per heavy atom. The summed E-state index contributed by atoms with van der Waals surface area (Å²) in [6.07, 6.45) is 0.489. The summed E-state index contributed by atoms with van der Waals surface area (Å²) in [7, 11) is 1.65. The Hall–Kier alpha value is -1.65. The lowest BCUT2D eigenvalue weighted by Gasteiger charge is -2.22. The number of carboxylic acids is 1. The van der Waals surface area contributed by atoms with Gasteiger partial charge in [0.2, 0.25) is 0 Å². The highest BCUT2D eigenvalue weighted by molar-refractivity contribution is 5.70. The minimum absolute atomic E-state index is 0.261. The lowest BCUT2D eigenvalue weighted by atomic mass is 10.1. The standard InChI is InChI=1S/C12H15F2NO2/c1-3-8(12(16)17)7-15(2)9-4-5-10(13)11(14)6-9/h4-6,8H,3,7H2,1-2H3,(H,16,17). The Morgan fingerprint density at radius 3 is 2.53 bits per heavy atom. The fourth-order valence-electron chi connectivity index (χ4n) is 1.54. The zero-order valence-corrected chi connectivity index (χ0v) is 9.78. The number of aliphatic carboxylic acids is 1. The van der Waals surface area contributed by atoms with Crippen molar-refractivity contribution in [1.82, 2.24) is 0 Å². The number of carboxylic acid groups (broad SMARTS) is 1. The van der Waals surface area contributed by atoms with Crippen LogP contribution in [0, 0.1) is 17.6 Å². The molecule has 0 saturated heterocycles. The van der Waals surface area contributed by atoms with Crippen molar-refractivity contribution in [3.63, 3.8) is 0 Å². The molecule has 0 amide bonds. The number of hydrogen-bond donors (Lipinski definition) is 1. The lowest BCUT2D eigenvalue weighted by Crippen LogP contribution is -2.29. The van der Waals surface area contributed by atoms with Gasteiger partial charge in [-0.25, -0.2) is 8.78 Å². The smallest absolute Gasteiger partial charge is 0.308 e. The molecule has 1 unspecified atom stereocenters. The molecule has 0 aliphatic rings. The maximum absolute atomic E-state index is 13.0. The zero-order valence-electron chi connectivity index (χ0n) is 9.78. The SMILES string of the molecule is CCC(CN(C)c1ccc(F)c(F)c1)C(=O)O. The Kier molecular flexibility index (Phi) is 4.43. The molecular formula is C12H15F2NO2. The van der Waals surface area contributed by atoms with Gasteiger partial charge in [0.15, 0.2) is 11.6 Å². The molecule has 17 heavy (non-hydrogen) atoms. The third kappa shape index (κ3) is 3.41. The van der Waals surface area contributed by atoms with E-state index in [9.17, 15) is 13.6 Å². The van der Waals surface area contributed by atoms with E-state index < -0.39 is 23.5 Å². The van der Waals surface area contributed by atoms with E-state index in [-0.39, 0.29) is 6.54 Å². The molecule has 0 aliphatic heterocycles. The Bertz CT molecular complexity index is 409. The molecule has 3 nitrogen and oxygen atoms in total. The van der Waals surface area contributed by atoms with E-state index >= 15 is 0 Å². The largest absolute Gasteiger partial charge is 0.481 e. The van der Waals surface area contributed by atoms with Crippen LogP contribution < -0.4 is 4.90 Å². The average Bonchev–Trinajstić information content (AvgIpc) is 2.28. The molecule has 0 saturated carbocycles. The van der Waals surface area contributed by atoms with Crippen molar-refractivity contribution in [1.29, 1.82) is 0 Å². The van der Waals surface area contributed by atoms with Gasteiger partial charge in [0.1, 0.15) is 0 Å². The van der Waals surface area contributed by atoms with Gasteiger partial charge in [0.25, 0.3) is 0 Å². The van der Waals surface area contributed by atoms with Crippen LogP contribution in [-0.4, -0.2) is 24.7 Å². The molecule has 0 radical (unpaired) electrons. The highest BCUT2D eigenvalue weighted by Gasteiger charge is 2.18. The number of hydrogen-bond acceptors (Lipinski definition) is 2. The van der Waals surface area contributed by atoms with Crippen LogP contribution in [-0.2, 0) is 4.79 Å². The van der Waals surface area contributed by atoms with Crippen molar-refractivity contribution >= 4 is 11.7 Å². The summed E-state index contributed by atoms with van der Waals surface area (Å²) in [5.41, 5.74) is 0.462. The van der Waals surface area contributed by atoms with Crippen LogP contribution in [0.15, 0.2) is 18.2 Å². The highest BCUT2D eigenvalue weighted by Crippen LogP contribution is 2.18. The second-order valence-corrected chi connectivity index (χ2v) is 3.92. The van der Waals surface area contributed by atoms with Gasteiger partial charge in [0.05, 0.1) is 5.92 Å². The van der Waals surface area contributed by atoms with Gasteiger partial charge in [-0.3, -0.25) is 4.79 Å². The lowest BCUT2D eigenvalue weighted by molar-refractivity contribution is -0.141. The molecule has 0 fully saturated rings. The van der Waals surface area contributed by atoms with E-state index in [1.807, 2.05) is 0 Å². The first-order valence-corrected chi connectivity index (χ1v) is 5.34. The van der Waals surface area contributed by atoms with Crippen LogP contribution in [0.3, 0.4) is 0 Å². The molecule has 0 heterocycles. The summed E-state index contributed by atoms with van der Waals surface area (Å²) < 4.78 is 25.7. The van der Waals surface area contributed by atoms with Crippen molar-refractivity contribution in [2.24, 2.45) is 5.92 Å². The number of anilines is 1. The Morgan fingerprint density at radius 2 is 2.06 bits per heavy atom. The molecule has 0 bridgehead atoms. The normalized spacial score (nSPS) is 12.2. The average molecular weight is 243 g/mol. The van der Waals surface area contributed by atoms with Crippen LogP contribution in [0.5, 0.6) is 0 Å². The second kappa shape index (κ2) is 5.61. The first-order chi connectivity index (χ1) is 7.95. The van der Waals surface area contributed by atoms with Crippen molar-refractivity contribution in [3.05, 3.63) is 29.8 Å². The maximum atomic E-state index is 13.0. The van der Waals surface area contributed by atoms with Crippen LogP contribution in [0.4, 0.5) is 14.5 Å². The quantitative estimate of drug-likeness (QED) is 0.863. The molecule has 0 aromatic heterocycles. The Balaban J connectivity index is 2.78. The number of carbonyl (C=O) groups is 1. The van der Waals surface area contributed by atoms with E-state index in [1.54, 1.807) is 18.9 Å². The summed E-state index contributed by atoms with van der Waals surface area (Å²) in [6.45, 7) is 2.04. The first-order valence-electron chi connectivity index (χ1n) is 5.34. The third-order valence-electron chi connectivity index (χ3n) is 2.68. The molecule has 0 aliphatic carbocycles. The summed E-state index contributed by atoms with van der Waals surface area (Å²) in [6, 6.07) is 3.51. The molecule has 1 atom stereocenters. The molecule has 1 aromatic rings. The number of rotatable bonds is 5. The van der Waals surface area contributed by atoms with Gasteiger partial charge >= 0.3 is 5.97 Å². The fourth-order valence-corrected chi connectivity index (χ4v) is 1.54. The van der Waals surface area contributed by atoms with Gasteiger partial charge in [-0.05, 0) is 18.6 Å². The number of nitrogens with zero attached hydrogens (tertiary/aromatic N) is 1. The van der Waals surface area contributed by atoms with Gasteiger partial charge < -0.3 is 10.0 Å². The van der Waals surface area contributed by atoms with Gasteiger partial charge in [-0.1, -0.05) is 6.92 Å². The molecule has 1 rings (SSSR count). The van der Waals surface area contributed by atoms with Crippen LogP contribution in [0.25, 0.3) is 0 Å². The van der Waals surface area contributed by atoms with E-state index in [2.05, 4.69) is 0 Å². The molecule has 1 N–H and O–H groups in total. The summed E-state index contributed by atoms with van der Waals surface area (Å²) in [5.74, 6) is -3.25. The summed E-state index contributed by atoms with van der Waals surface area (Å²) in [5, 5.41) is 8.91. The van der Waals surface area contributed by atoms with E-state index in [1.165, 1.54) is 6.07 Å². The Labute approximate surface area is 98.7 Å². The van der Waals surface area contributed by atoms with E-state index in [0.717, 1.165) is 12.1 Å². The van der Waals surface area contributed by atoms with Crippen molar-refractivity contribution in [2.75, 3.05) is 18.5 Å².